The van der Waals surface area contributed by atoms with Crippen molar-refractivity contribution >= 4 is 125 Å². The number of fused-ring (bicyclic) bond motifs is 6. The maximum atomic E-state index is 14.8. The van der Waals surface area contributed by atoms with Crippen LogP contribution in [0.5, 0.6) is 23.0 Å². The molecule has 2 aromatic heterocycles. The Balaban J connectivity index is 0.000000197. The van der Waals surface area contributed by atoms with Crippen molar-refractivity contribution in [3.8, 4) is 45.5 Å². The van der Waals surface area contributed by atoms with Gasteiger partial charge in [-0.2, -0.15) is 0 Å². The van der Waals surface area contributed by atoms with Crippen molar-refractivity contribution in [3.05, 3.63) is 109 Å². The van der Waals surface area contributed by atoms with Crippen LogP contribution in [0, 0.1) is 11.8 Å². The lowest BCUT2D eigenvalue weighted by Gasteiger charge is -2.30. The zero-order valence-corrected chi connectivity index (χ0v) is 72.0. The van der Waals surface area contributed by atoms with E-state index in [1.807, 2.05) is 109 Å². The second-order valence-electron chi connectivity index (χ2n) is 32.9. The molecule has 7 N–H and O–H groups in total. The van der Waals surface area contributed by atoms with Gasteiger partial charge in [0.15, 0.2) is 0 Å². The van der Waals surface area contributed by atoms with Crippen LogP contribution >= 0.6 is 36.4 Å². The average molecular weight is 1770 g/mol. The maximum Gasteiger partial charge on any atom is 0.408 e. The van der Waals surface area contributed by atoms with Crippen molar-refractivity contribution in [1.29, 1.82) is 0 Å². The molecule has 2 unspecified atom stereocenters. The van der Waals surface area contributed by atoms with Gasteiger partial charge in [-0.1, -0.05) is 125 Å². The molecule has 0 bridgehead atoms. The van der Waals surface area contributed by atoms with Gasteiger partial charge in [-0.25, -0.2) is 36.4 Å². The Morgan fingerprint density at radius 1 is 0.504 bits per heavy atom. The number of methoxy groups -OCH3 is 2. The van der Waals surface area contributed by atoms with E-state index < -0.39 is 119 Å². The predicted octanol–water partition coefficient (Wildman–Crippen LogP) is 11.0. The van der Waals surface area contributed by atoms with Gasteiger partial charge in [0.05, 0.1) is 92.7 Å². The smallest absolute Gasteiger partial charge is 0.408 e. The molecule has 656 valence electrons. The molecule has 16 rings (SSSR count). The third kappa shape index (κ3) is 22.8. The molecule has 6 saturated heterocycles. The number of amides is 7. The third-order valence-electron chi connectivity index (χ3n) is 24.4. The highest BCUT2D eigenvalue weighted by Gasteiger charge is 2.64. The number of benzene rings is 4. The van der Waals surface area contributed by atoms with E-state index in [4.69, 9.17) is 65.2 Å². The topological polar surface area (TPSA) is 397 Å². The quantitative estimate of drug-likeness (QED) is 0.0462. The van der Waals surface area contributed by atoms with Crippen LogP contribution in [0.3, 0.4) is 0 Å². The number of alkyl carbamates (subject to hydrolysis) is 1. The van der Waals surface area contributed by atoms with Crippen molar-refractivity contribution in [2.24, 2.45) is 17.6 Å². The highest BCUT2D eigenvalue weighted by Crippen LogP contribution is 2.50. The minimum atomic E-state index is -3.88. The van der Waals surface area contributed by atoms with E-state index in [1.165, 1.54) is 9.80 Å². The van der Waals surface area contributed by atoms with Crippen LogP contribution in [0.1, 0.15) is 167 Å². The number of rotatable bonds is 17. The summed E-state index contributed by atoms with van der Waals surface area (Å²) in [7, 11) is -4.53. The molecule has 35 heteroatoms. The Bertz CT molecular complexity index is 4930. The Morgan fingerprint density at radius 3 is 1.33 bits per heavy atom. The maximum absolute atomic E-state index is 14.8. The molecule has 30 nitrogen and oxygen atoms in total. The SMILES string of the molecule is COc1ccc2c(O[C@@H]3C[C@H]4C(=O)N[C@]5(C(=O)NS(=O)(=O)C6CC6)CC5CCCCCCC[C@H](N)C(=O)N4C3)cc(-c3ccccc3)nc2c1.COc1ccc2c(O[C@@H]3C[C@H]4C(=O)N[C@]5(C(=O)NS(=O)(=O)C6CC6)CC5CCCCCCC[C@H](NC(=O)OC5CCOCC5)C(=O)N4C3)cc(-c3ccccc3)nc2c1.Cl.Cl.O=C(Cl)OC1CCOCC1. The minimum absolute atomic E-state index is 0. The molecule has 4 aromatic carbocycles. The van der Waals surface area contributed by atoms with Crippen molar-refractivity contribution in [2.75, 3.05) is 53.7 Å². The Hall–Kier alpha value is -8.89. The lowest BCUT2D eigenvalue weighted by molar-refractivity contribution is -0.141. The summed E-state index contributed by atoms with van der Waals surface area (Å²) in [5.41, 5.74) is 7.36. The number of carbonyl (C=O) groups excluding carboxylic acids is 8. The number of nitrogens with one attached hydrogen (secondary N) is 5. The van der Waals surface area contributed by atoms with Crippen LogP contribution in [0.25, 0.3) is 44.3 Å². The highest BCUT2D eigenvalue weighted by molar-refractivity contribution is 7.91. The molecule has 6 aromatic rings. The Labute approximate surface area is 722 Å². The molecule has 10 aliphatic rings. The zero-order valence-electron chi connectivity index (χ0n) is 68.0. The number of hydrogen-bond donors (Lipinski definition) is 6. The fraction of sp³-hybridized carbons (Fsp3) is 0.558. The number of carbonyl (C=O) groups is 8. The summed E-state index contributed by atoms with van der Waals surface area (Å²) >= 11 is 5.01. The number of ether oxygens (including phenoxy) is 8. The summed E-state index contributed by atoms with van der Waals surface area (Å²) in [6.45, 7) is 2.40. The van der Waals surface area contributed by atoms with Crippen LogP contribution in [-0.4, -0.2) is 207 Å². The van der Waals surface area contributed by atoms with Crippen LogP contribution in [0.15, 0.2) is 109 Å². The van der Waals surface area contributed by atoms with E-state index in [0.717, 1.165) is 87.1 Å². The first-order valence-electron chi connectivity index (χ1n) is 41.9. The molecule has 8 heterocycles. The van der Waals surface area contributed by atoms with Crippen LogP contribution in [-0.2, 0) is 67.8 Å². The molecule has 4 saturated carbocycles. The minimum Gasteiger partial charge on any atom is -0.497 e. The second kappa shape index (κ2) is 40.6. The van der Waals surface area contributed by atoms with Crippen LogP contribution < -0.4 is 50.1 Å². The van der Waals surface area contributed by atoms with Gasteiger partial charge in [-0.05, 0) is 100 Å². The van der Waals surface area contributed by atoms with Gasteiger partial charge in [0.2, 0.25) is 43.7 Å². The molecular weight excluding hydrogens is 1660 g/mol. The van der Waals surface area contributed by atoms with Gasteiger partial charge in [0, 0.05) is 96.3 Å². The number of hydrogen-bond acceptors (Lipinski definition) is 23. The molecule has 7 amide bonds. The zero-order chi connectivity index (χ0) is 83.6. The first-order valence-corrected chi connectivity index (χ1v) is 45.4. The first-order chi connectivity index (χ1) is 57.4. The van der Waals surface area contributed by atoms with Crippen LogP contribution in [0.2, 0.25) is 0 Å². The molecule has 4 aliphatic carbocycles. The fourth-order valence-corrected chi connectivity index (χ4v) is 20.0. The lowest BCUT2D eigenvalue weighted by atomic mass is 10.0. The number of aromatic nitrogens is 2. The van der Waals surface area contributed by atoms with Gasteiger partial charge < -0.3 is 69.4 Å². The van der Waals surface area contributed by atoms with E-state index in [0.29, 0.717) is 161 Å². The summed E-state index contributed by atoms with van der Waals surface area (Å²) in [4.78, 5) is 121. The summed E-state index contributed by atoms with van der Waals surface area (Å²) in [6, 6.07) is 30.3. The third-order valence-corrected chi connectivity index (χ3v) is 28.1. The van der Waals surface area contributed by atoms with E-state index in [-0.39, 0.29) is 80.7 Å². The Kier molecular flexibility index (Phi) is 30.7. The van der Waals surface area contributed by atoms with Crippen molar-refractivity contribution in [3.63, 3.8) is 0 Å². The van der Waals surface area contributed by atoms with Gasteiger partial charge in [-0.15, -0.1) is 24.8 Å². The van der Waals surface area contributed by atoms with Crippen molar-refractivity contribution in [1.82, 2.24) is 45.2 Å². The molecule has 0 spiro atoms. The van der Waals surface area contributed by atoms with E-state index in [9.17, 15) is 55.2 Å². The normalized spacial score (nSPS) is 26.3. The summed E-state index contributed by atoms with van der Waals surface area (Å²) in [5, 5.41) is 9.00. The fourth-order valence-electron chi connectivity index (χ4n) is 17.1. The second-order valence-corrected chi connectivity index (χ2v) is 37.2. The van der Waals surface area contributed by atoms with Gasteiger partial charge in [-0.3, -0.25) is 38.2 Å². The lowest BCUT2D eigenvalue weighted by Crippen LogP contribution is -2.58. The summed E-state index contributed by atoms with van der Waals surface area (Å²) in [6.07, 6.45) is 13.8. The summed E-state index contributed by atoms with van der Waals surface area (Å²) < 4.78 is 101. The van der Waals surface area contributed by atoms with E-state index in [2.05, 4.69) is 25.4 Å². The number of nitrogens with two attached hydrogens (primary N) is 1. The van der Waals surface area contributed by atoms with Gasteiger partial charge in [0.25, 0.3) is 11.8 Å². The van der Waals surface area contributed by atoms with Crippen molar-refractivity contribution in [2.45, 2.75) is 237 Å². The first kappa shape index (κ1) is 91.3. The number of nitrogens with zero attached hydrogens (tertiary/aromatic N) is 4. The standard InChI is InChI=1S/C43H53N5O10S.C37H45N5O7S.C6H9ClO3.2ClH/c1-55-30-14-17-33-36(22-30)44-35(27-10-6-5-7-11-27)24-38(33)57-31-23-37-39(49)46-43(41(51)47-59(53,54)32-15-16-32)25-28(43)12-8-3-2-4-9-13-34(40(50)48(37)26-31)45-42(52)58-29-18-20-56-21-19-29;1-48-25-14-17-28-31(18-25)39-30(23-10-6-5-7-11-23)20-33(28)49-26-19-32-34(43)40-37(36(45)41-50(46,47)27-15-16-27)21-24(37)12-8-3-2-4-9-13-29(38)35(44)42(32)22-26;7-6(8)10-5-1-3-9-4-2-5;;/h5-7,10-11,14,17,22,24,28-29,31-32,34,37H,2-4,8-9,12-13,15-16,18-21,23,25-26H2,1H3,(H,45,52)(H,46,49)(H,47,51);5-7,10-11,14,17-18,20,24,26-27,29,32H,2-4,8-9,12-13,15-16,19,21-22,38H2,1H3,(H,40,43)(H,41,45);5H,1-4H2;2*1H/t28?,31-,34+,37+,43-;24?,26-,29+,32+,37-;;;/m11.../s1. The number of halogens is 3. The largest absolute Gasteiger partial charge is 0.497 e. The number of pyridine rings is 2. The molecule has 0 radical (unpaired) electrons. The molecule has 6 aliphatic heterocycles. The highest BCUT2D eigenvalue weighted by atomic mass is 35.5. The molecule has 10 fully saturated rings. The predicted molar refractivity (Wildman–Crippen MR) is 455 cm³/mol. The molecule has 121 heavy (non-hydrogen) atoms. The molecular formula is C86H109Cl3N10O20S2. The Morgan fingerprint density at radius 2 is 0.909 bits per heavy atom. The van der Waals surface area contributed by atoms with Crippen LogP contribution in [0.4, 0.5) is 9.59 Å². The monoisotopic (exact) mass is 1770 g/mol. The van der Waals surface area contributed by atoms with E-state index >= 15 is 0 Å². The van der Waals surface area contributed by atoms with Gasteiger partial charge in [0.1, 0.15) is 76.6 Å². The summed E-state index contributed by atoms with van der Waals surface area (Å²) in [5.74, 6) is -1.49. The van der Waals surface area contributed by atoms with Crippen molar-refractivity contribution < 1.29 is 93.1 Å². The number of sulfonamides is 2. The average Bonchev–Trinajstić information content (AvgIpc) is 1.57. The van der Waals surface area contributed by atoms with E-state index in [1.54, 1.807) is 14.2 Å². The van der Waals surface area contributed by atoms with Gasteiger partial charge >= 0.3 is 11.5 Å². The molecule has 10 atom stereocenters.